The Kier molecular flexibility index (Phi) is 9.81. The summed E-state index contributed by atoms with van der Waals surface area (Å²) in [5, 5.41) is 30.6. The van der Waals surface area contributed by atoms with Crippen LogP contribution in [0.3, 0.4) is 0 Å². The molecule has 1 aliphatic heterocycles. The van der Waals surface area contributed by atoms with E-state index in [0.717, 1.165) is 27.4 Å². The van der Waals surface area contributed by atoms with Gasteiger partial charge in [-0.1, -0.05) is 65.6 Å². The zero-order valence-corrected chi connectivity index (χ0v) is 28.7. The number of benzene rings is 4. The molecule has 9 nitrogen and oxygen atoms in total. The summed E-state index contributed by atoms with van der Waals surface area (Å²) in [6.07, 6.45) is 0. The van der Waals surface area contributed by atoms with E-state index in [1.807, 2.05) is 31.2 Å². The Morgan fingerprint density at radius 2 is 1.73 bits per heavy atom. The first kappa shape index (κ1) is 33.2. The van der Waals surface area contributed by atoms with Crippen LogP contribution in [0.4, 0.5) is 9.52 Å². The number of aromatic hydroxyl groups is 1. The molecule has 2 heterocycles. The predicted molar refractivity (Wildman–Crippen MR) is 185 cm³/mol. The number of hydrogen-bond acceptors (Lipinski definition) is 10. The highest BCUT2D eigenvalue weighted by Gasteiger charge is 2.48. The van der Waals surface area contributed by atoms with Crippen molar-refractivity contribution in [1.82, 2.24) is 10.2 Å². The van der Waals surface area contributed by atoms with Gasteiger partial charge < -0.3 is 19.7 Å². The molecular formula is C35H27BrFN3O6S2. The average molecular weight is 749 g/mol. The highest BCUT2D eigenvalue weighted by atomic mass is 79.9. The van der Waals surface area contributed by atoms with Gasteiger partial charge in [0.1, 0.15) is 23.9 Å². The van der Waals surface area contributed by atoms with Crippen LogP contribution in [0.2, 0.25) is 0 Å². The van der Waals surface area contributed by atoms with Gasteiger partial charge in [0.2, 0.25) is 5.13 Å². The standard InChI is InChI=1S/C35H27BrFN3O6S2/c1-19-7-3-4-8-21(19)17-46-24-13-11-20(12-14-24)30(41)28-29(23-15-25(36)31(42)27(16-23)45-2)40(33(44)32(28)43)34-38-39-35(48-34)47-18-22-9-5-6-10-26(22)37/h3-16,29,41-42H,17-18H2,1-2H3. The number of rotatable bonds is 10. The van der Waals surface area contributed by atoms with Gasteiger partial charge in [0.05, 0.1) is 23.2 Å². The molecule has 0 bridgehead atoms. The largest absolute Gasteiger partial charge is 0.507 e. The third-order valence-electron chi connectivity index (χ3n) is 7.73. The van der Waals surface area contributed by atoms with E-state index in [9.17, 15) is 24.2 Å². The second-order valence-corrected chi connectivity index (χ2v) is 13.7. The summed E-state index contributed by atoms with van der Waals surface area (Å²) in [5.74, 6) is -1.89. The number of aliphatic hydroxyl groups is 1. The zero-order chi connectivity index (χ0) is 33.9. The summed E-state index contributed by atoms with van der Waals surface area (Å²) in [4.78, 5) is 28.5. The summed E-state index contributed by atoms with van der Waals surface area (Å²) in [6.45, 7) is 2.35. The molecule has 1 fully saturated rings. The number of phenolic OH excluding ortho intramolecular Hbond substituents is 1. The monoisotopic (exact) mass is 747 g/mol. The topological polar surface area (TPSA) is 122 Å². The van der Waals surface area contributed by atoms with Gasteiger partial charge in [-0.3, -0.25) is 14.5 Å². The second kappa shape index (κ2) is 14.2. The molecular weight excluding hydrogens is 721 g/mol. The van der Waals surface area contributed by atoms with Crippen LogP contribution in [0.25, 0.3) is 5.76 Å². The van der Waals surface area contributed by atoms with Crippen molar-refractivity contribution in [3.05, 3.63) is 129 Å². The molecule has 5 aromatic rings. The van der Waals surface area contributed by atoms with E-state index in [1.165, 1.54) is 37.1 Å². The average Bonchev–Trinajstić information content (AvgIpc) is 3.66. The number of phenols is 1. The van der Waals surface area contributed by atoms with Gasteiger partial charge in [-0.2, -0.15) is 0 Å². The fraction of sp³-hybridized carbons (Fsp3) is 0.143. The van der Waals surface area contributed by atoms with Gasteiger partial charge in [-0.25, -0.2) is 4.39 Å². The minimum Gasteiger partial charge on any atom is -0.507 e. The quantitative estimate of drug-likeness (QED) is 0.0482. The first-order valence-corrected chi connectivity index (χ1v) is 17.1. The van der Waals surface area contributed by atoms with E-state index in [0.29, 0.717) is 27.8 Å². The number of anilines is 1. The molecule has 1 aromatic heterocycles. The summed E-state index contributed by atoms with van der Waals surface area (Å²) in [5.41, 5.74) is 3.05. The lowest BCUT2D eigenvalue weighted by Crippen LogP contribution is -2.29. The van der Waals surface area contributed by atoms with E-state index in [1.54, 1.807) is 42.5 Å². The van der Waals surface area contributed by atoms with Crippen molar-refractivity contribution in [1.29, 1.82) is 0 Å². The number of nitrogens with zero attached hydrogens (tertiary/aromatic N) is 3. The minimum atomic E-state index is -1.16. The van der Waals surface area contributed by atoms with Gasteiger partial charge in [0.25, 0.3) is 5.78 Å². The van der Waals surface area contributed by atoms with Crippen LogP contribution < -0.4 is 14.4 Å². The molecule has 1 atom stereocenters. The fourth-order valence-corrected chi connectivity index (χ4v) is 7.48. The smallest absolute Gasteiger partial charge is 0.301 e. The Morgan fingerprint density at radius 3 is 2.44 bits per heavy atom. The van der Waals surface area contributed by atoms with E-state index in [2.05, 4.69) is 26.1 Å². The fourth-order valence-electron chi connectivity index (χ4n) is 5.16. The van der Waals surface area contributed by atoms with Crippen LogP contribution >= 0.6 is 39.0 Å². The number of aliphatic hydroxyl groups excluding tert-OH is 1. The van der Waals surface area contributed by atoms with E-state index < -0.39 is 23.5 Å². The van der Waals surface area contributed by atoms with Crippen molar-refractivity contribution in [3.63, 3.8) is 0 Å². The normalized spacial score (nSPS) is 15.6. The van der Waals surface area contributed by atoms with Gasteiger partial charge in [-0.05, 0) is 87.6 Å². The lowest BCUT2D eigenvalue weighted by atomic mass is 9.95. The number of methoxy groups -OCH3 is 1. The van der Waals surface area contributed by atoms with E-state index in [-0.39, 0.29) is 43.8 Å². The number of halogens is 2. The number of hydrogen-bond donors (Lipinski definition) is 2. The van der Waals surface area contributed by atoms with Crippen molar-refractivity contribution in [3.8, 4) is 17.2 Å². The number of Topliss-reactive ketones (excluding diaryl/α,β-unsaturated/α-hetero) is 1. The number of carbonyl (C=O) groups is 2. The molecule has 0 saturated carbocycles. The molecule has 13 heteroatoms. The molecule has 48 heavy (non-hydrogen) atoms. The molecule has 1 aliphatic rings. The third-order valence-corrected chi connectivity index (χ3v) is 10.4. The number of carbonyl (C=O) groups excluding carboxylic acids is 2. The predicted octanol–water partition coefficient (Wildman–Crippen LogP) is 7.96. The number of thioether (sulfide) groups is 1. The van der Waals surface area contributed by atoms with E-state index in [4.69, 9.17) is 9.47 Å². The number of ketones is 1. The Balaban J connectivity index is 1.36. The van der Waals surface area contributed by atoms with Crippen LogP contribution in [0, 0.1) is 12.7 Å². The SMILES string of the molecule is COc1cc(C2C(=C(O)c3ccc(OCc4ccccc4C)cc3)C(=O)C(=O)N2c2nnc(SCc3ccccc3F)s2)cc(Br)c1O. The first-order chi connectivity index (χ1) is 23.2. The van der Waals surface area contributed by atoms with Crippen LogP contribution in [-0.2, 0) is 21.9 Å². The highest BCUT2D eigenvalue weighted by Crippen LogP contribution is 2.47. The van der Waals surface area contributed by atoms with Gasteiger partial charge >= 0.3 is 5.91 Å². The molecule has 244 valence electrons. The van der Waals surface area contributed by atoms with Crippen LogP contribution in [-0.4, -0.2) is 39.2 Å². The molecule has 4 aromatic carbocycles. The molecule has 0 spiro atoms. The van der Waals surface area contributed by atoms with Crippen LogP contribution in [0.5, 0.6) is 17.2 Å². The molecule has 1 amide bonds. The number of ether oxygens (including phenoxy) is 2. The number of aryl methyl sites for hydroxylation is 1. The van der Waals surface area contributed by atoms with Gasteiger partial charge in [0, 0.05) is 11.3 Å². The van der Waals surface area contributed by atoms with Crippen LogP contribution in [0.15, 0.2) is 99.3 Å². The van der Waals surface area contributed by atoms with Gasteiger partial charge in [0.15, 0.2) is 15.8 Å². The van der Waals surface area contributed by atoms with E-state index >= 15 is 0 Å². The first-order valence-electron chi connectivity index (χ1n) is 14.5. The lowest BCUT2D eigenvalue weighted by molar-refractivity contribution is -0.132. The molecule has 0 aliphatic carbocycles. The maximum atomic E-state index is 14.2. The van der Waals surface area contributed by atoms with Crippen molar-refractivity contribution < 1.29 is 33.7 Å². The summed E-state index contributed by atoms with van der Waals surface area (Å²) >= 11 is 5.60. The zero-order valence-electron chi connectivity index (χ0n) is 25.5. The molecule has 0 radical (unpaired) electrons. The Hall–Kier alpha value is -4.72. The molecule has 6 rings (SSSR count). The lowest BCUT2D eigenvalue weighted by Gasteiger charge is -2.23. The van der Waals surface area contributed by atoms with Crippen LogP contribution in [0.1, 0.15) is 33.9 Å². The van der Waals surface area contributed by atoms with Crippen molar-refractivity contribution >= 4 is 61.6 Å². The maximum absolute atomic E-state index is 14.2. The molecule has 1 saturated heterocycles. The summed E-state index contributed by atoms with van der Waals surface area (Å²) in [6, 6.07) is 22.6. The summed E-state index contributed by atoms with van der Waals surface area (Å²) < 4.78 is 26.2. The van der Waals surface area contributed by atoms with Crippen molar-refractivity contribution in [2.24, 2.45) is 0 Å². The van der Waals surface area contributed by atoms with Crippen molar-refractivity contribution in [2.45, 2.75) is 29.7 Å². The molecule has 2 N–H and O–H groups in total. The third kappa shape index (κ3) is 6.66. The Labute approximate surface area is 291 Å². The Bertz CT molecular complexity index is 2050. The molecule has 1 unspecified atom stereocenters. The highest BCUT2D eigenvalue weighted by molar-refractivity contribution is 9.10. The maximum Gasteiger partial charge on any atom is 0.301 e. The number of amides is 1. The van der Waals surface area contributed by atoms with Crippen molar-refractivity contribution in [2.75, 3.05) is 12.0 Å². The second-order valence-electron chi connectivity index (χ2n) is 10.7. The van der Waals surface area contributed by atoms with Gasteiger partial charge in [-0.15, -0.1) is 10.2 Å². The minimum absolute atomic E-state index is 0.0820. The Morgan fingerprint density at radius 1 is 1.02 bits per heavy atom. The number of aromatic nitrogens is 2. The summed E-state index contributed by atoms with van der Waals surface area (Å²) in [7, 11) is 1.37.